The van der Waals surface area contributed by atoms with Crippen LogP contribution in [0.5, 0.6) is 0 Å². The number of imide groups is 1. The fourth-order valence-electron chi connectivity index (χ4n) is 2.15. The maximum Gasteiger partial charge on any atom is 0.230 e. The standard InChI is InChI=1S/C13H12N2O2S/c16-11-6-5-8(13(17)15-11)7-12-14-9-3-1-2-4-10(9)18-12/h1-4,8H,5-7H2,(H,15,16,17). The van der Waals surface area contributed by atoms with E-state index in [1.165, 1.54) is 0 Å². The molecule has 1 unspecified atom stereocenters. The van der Waals surface area contributed by atoms with E-state index >= 15 is 0 Å². The fraction of sp³-hybridized carbons (Fsp3) is 0.308. The fourth-order valence-corrected chi connectivity index (χ4v) is 3.20. The molecule has 1 aliphatic rings. The van der Waals surface area contributed by atoms with Crippen molar-refractivity contribution < 1.29 is 9.59 Å². The van der Waals surface area contributed by atoms with Gasteiger partial charge in [0, 0.05) is 18.8 Å². The summed E-state index contributed by atoms with van der Waals surface area (Å²) in [6.07, 6.45) is 1.68. The lowest BCUT2D eigenvalue weighted by atomic mass is 9.95. The van der Waals surface area contributed by atoms with Crippen molar-refractivity contribution in [2.24, 2.45) is 5.92 Å². The first-order valence-corrected chi connectivity index (χ1v) is 6.72. The monoisotopic (exact) mass is 260 g/mol. The van der Waals surface area contributed by atoms with Gasteiger partial charge in [0.15, 0.2) is 0 Å². The van der Waals surface area contributed by atoms with E-state index in [4.69, 9.17) is 0 Å². The molecule has 1 aromatic carbocycles. The summed E-state index contributed by atoms with van der Waals surface area (Å²) in [7, 11) is 0. The van der Waals surface area contributed by atoms with E-state index in [2.05, 4.69) is 10.3 Å². The Morgan fingerprint density at radius 3 is 2.94 bits per heavy atom. The second-order valence-electron chi connectivity index (χ2n) is 4.43. The number of carbonyl (C=O) groups excluding carboxylic acids is 2. The molecule has 0 spiro atoms. The molecule has 2 aromatic rings. The van der Waals surface area contributed by atoms with E-state index in [0.717, 1.165) is 15.2 Å². The van der Waals surface area contributed by atoms with Gasteiger partial charge in [-0.25, -0.2) is 4.98 Å². The van der Waals surface area contributed by atoms with Crippen molar-refractivity contribution in [3.05, 3.63) is 29.3 Å². The molecule has 2 amide bonds. The van der Waals surface area contributed by atoms with Gasteiger partial charge in [-0.2, -0.15) is 0 Å². The molecule has 1 N–H and O–H groups in total. The Bertz CT molecular complexity index is 587. The van der Waals surface area contributed by atoms with E-state index in [1.54, 1.807) is 11.3 Å². The van der Waals surface area contributed by atoms with Gasteiger partial charge >= 0.3 is 0 Å². The van der Waals surface area contributed by atoms with E-state index in [9.17, 15) is 9.59 Å². The van der Waals surface area contributed by atoms with Crippen molar-refractivity contribution >= 4 is 33.4 Å². The molecule has 18 heavy (non-hydrogen) atoms. The lowest BCUT2D eigenvalue weighted by molar-refractivity contribution is -0.136. The lowest BCUT2D eigenvalue weighted by Gasteiger charge is -2.19. The highest BCUT2D eigenvalue weighted by Gasteiger charge is 2.27. The molecular formula is C13H12N2O2S. The first kappa shape index (κ1) is 11.3. The van der Waals surface area contributed by atoms with Crippen LogP contribution in [0.4, 0.5) is 0 Å². The minimum atomic E-state index is -0.166. The average molecular weight is 260 g/mol. The van der Waals surface area contributed by atoms with Gasteiger partial charge < -0.3 is 0 Å². The second-order valence-corrected chi connectivity index (χ2v) is 5.54. The Morgan fingerprint density at radius 2 is 2.17 bits per heavy atom. The summed E-state index contributed by atoms with van der Waals surface area (Å²) in [5.41, 5.74) is 0.977. The van der Waals surface area contributed by atoms with Gasteiger partial charge in [-0.1, -0.05) is 12.1 Å². The zero-order valence-corrected chi connectivity index (χ0v) is 10.5. The Kier molecular flexibility index (Phi) is 2.83. The summed E-state index contributed by atoms with van der Waals surface area (Å²) in [5.74, 6) is -0.450. The Balaban J connectivity index is 1.79. The molecule has 3 rings (SSSR count). The number of para-hydroxylation sites is 1. The molecule has 0 bridgehead atoms. The van der Waals surface area contributed by atoms with Crippen molar-refractivity contribution in [1.82, 2.24) is 10.3 Å². The highest BCUT2D eigenvalue weighted by atomic mass is 32.1. The number of nitrogens with one attached hydrogen (secondary N) is 1. The molecule has 1 aliphatic heterocycles. The number of piperidine rings is 1. The zero-order valence-electron chi connectivity index (χ0n) is 9.68. The highest BCUT2D eigenvalue weighted by Crippen LogP contribution is 2.25. The molecule has 4 nitrogen and oxygen atoms in total. The number of rotatable bonds is 2. The number of hydrogen-bond donors (Lipinski definition) is 1. The molecule has 5 heteroatoms. The van der Waals surface area contributed by atoms with Crippen LogP contribution in [0.25, 0.3) is 10.2 Å². The molecule has 1 saturated heterocycles. The quantitative estimate of drug-likeness (QED) is 0.839. The van der Waals surface area contributed by atoms with E-state index < -0.39 is 0 Å². The minimum absolute atomic E-state index is 0.122. The number of carbonyl (C=O) groups is 2. The molecule has 0 aliphatic carbocycles. The van der Waals surface area contributed by atoms with Crippen molar-refractivity contribution in [3.63, 3.8) is 0 Å². The Labute approximate surface area is 108 Å². The van der Waals surface area contributed by atoms with Crippen LogP contribution in [0.2, 0.25) is 0 Å². The van der Waals surface area contributed by atoms with Gasteiger partial charge in [-0.05, 0) is 18.6 Å². The van der Waals surface area contributed by atoms with Crippen molar-refractivity contribution in [2.75, 3.05) is 0 Å². The third-order valence-electron chi connectivity index (χ3n) is 3.11. The molecule has 0 saturated carbocycles. The van der Waals surface area contributed by atoms with Crippen LogP contribution >= 0.6 is 11.3 Å². The normalized spacial score (nSPS) is 20.1. The summed E-state index contributed by atoms with van der Waals surface area (Å²) in [5, 5.41) is 3.35. The van der Waals surface area contributed by atoms with Crippen LogP contribution in [0.3, 0.4) is 0 Å². The van der Waals surface area contributed by atoms with Crippen LogP contribution in [0.1, 0.15) is 17.8 Å². The van der Waals surface area contributed by atoms with Crippen LogP contribution in [-0.4, -0.2) is 16.8 Å². The Hall–Kier alpha value is -1.75. The number of amides is 2. The number of nitrogens with zero attached hydrogens (tertiary/aromatic N) is 1. The van der Waals surface area contributed by atoms with E-state index in [0.29, 0.717) is 19.3 Å². The Morgan fingerprint density at radius 1 is 1.33 bits per heavy atom. The van der Waals surface area contributed by atoms with Crippen molar-refractivity contribution in [1.29, 1.82) is 0 Å². The van der Waals surface area contributed by atoms with E-state index in [-0.39, 0.29) is 17.7 Å². The van der Waals surface area contributed by atoms with Gasteiger partial charge in [0.25, 0.3) is 0 Å². The molecule has 0 radical (unpaired) electrons. The van der Waals surface area contributed by atoms with Gasteiger partial charge in [0.2, 0.25) is 11.8 Å². The maximum atomic E-state index is 11.7. The highest BCUT2D eigenvalue weighted by molar-refractivity contribution is 7.18. The SMILES string of the molecule is O=C1CCC(Cc2nc3ccccc3s2)C(=O)N1. The third-order valence-corrected chi connectivity index (χ3v) is 4.17. The predicted molar refractivity (Wildman–Crippen MR) is 69.2 cm³/mol. The molecule has 1 fully saturated rings. The van der Waals surface area contributed by atoms with Crippen molar-refractivity contribution in [3.8, 4) is 0 Å². The van der Waals surface area contributed by atoms with Gasteiger partial charge in [-0.15, -0.1) is 11.3 Å². The summed E-state index contributed by atoms with van der Waals surface area (Å²) < 4.78 is 1.14. The summed E-state index contributed by atoms with van der Waals surface area (Å²) >= 11 is 1.62. The maximum absolute atomic E-state index is 11.7. The smallest absolute Gasteiger partial charge is 0.230 e. The van der Waals surface area contributed by atoms with Gasteiger partial charge in [0.05, 0.1) is 15.2 Å². The molecular weight excluding hydrogens is 248 g/mol. The zero-order chi connectivity index (χ0) is 12.5. The van der Waals surface area contributed by atoms with Gasteiger partial charge in [0.1, 0.15) is 0 Å². The lowest BCUT2D eigenvalue weighted by Crippen LogP contribution is -2.41. The number of benzene rings is 1. The molecule has 1 atom stereocenters. The van der Waals surface area contributed by atoms with Crippen LogP contribution in [0.15, 0.2) is 24.3 Å². The molecule has 1 aromatic heterocycles. The number of hydrogen-bond acceptors (Lipinski definition) is 4. The summed E-state index contributed by atoms with van der Waals surface area (Å²) in [6, 6.07) is 7.94. The summed E-state index contributed by atoms with van der Waals surface area (Å²) in [6.45, 7) is 0. The largest absolute Gasteiger partial charge is 0.296 e. The topological polar surface area (TPSA) is 59.1 Å². The molecule has 92 valence electrons. The summed E-state index contributed by atoms with van der Waals surface area (Å²) in [4.78, 5) is 27.3. The number of fused-ring (bicyclic) bond motifs is 1. The average Bonchev–Trinajstić information content (AvgIpc) is 2.75. The molecule has 2 heterocycles. The number of aromatic nitrogens is 1. The van der Waals surface area contributed by atoms with Crippen LogP contribution < -0.4 is 5.32 Å². The minimum Gasteiger partial charge on any atom is -0.296 e. The first-order valence-electron chi connectivity index (χ1n) is 5.90. The first-order chi connectivity index (χ1) is 8.72. The number of thiazole rings is 1. The third kappa shape index (κ3) is 2.13. The van der Waals surface area contributed by atoms with Crippen molar-refractivity contribution in [2.45, 2.75) is 19.3 Å². The van der Waals surface area contributed by atoms with Crippen LogP contribution in [-0.2, 0) is 16.0 Å². The second kappa shape index (κ2) is 4.49. The van der Waals surface area contributed by atoms with Crippen LogP contribution in [0, 0.1) is 5.92 Å². The predicted octanol–water partition coefficient (Wildman–Crippen LogP) is 1.89. The van der Waals surface area contributed by atoms with Gasteiger partial charge in [-0.3, -0.25) is 14.9 Å². The van der Waals surface area contributed by atoms with E-state index in [1.807, 2.05) is 24.3 Å².